The molecule has 1 heterocycles. The van der Waals surface area contributed by atoms with Gasteiger partial charge in [0.1, 0.15) is 5.82 Å². The Labute approximate surface area is 155 Å². The van der Waals surface area contributed by atoms with Crippen LogP contribution in [0, 0.1) is 16.0 Å². The number of anilines is 1. The largest absolute Gasteiger partial charge is 0.325 e. The molecule has 1 aliphatic rings. The van der Waals surface area contributed by atoms with Gasteiger partial charge < -0.3 is 5.32 Å². The first-order valence-corrected chi connectivity index (χ1v) is 9.52. The molecule has 0 saturated heterocycles. The van der Waals surface area contributed by atoms with E-state index in [4.69, 9.17) is 0 Å². The quantitative estimate of drug-likeness (QED) is 0.434. The zero-order valence-electron chi connectivity index (χ0n) is 14.5. The number of rotatable bonds is 7. The second kappa shape index (κ2) is 8.31. The van der Waals surface area contributed by atoms with Crippen LogP contribution < -0.4 is 5.32 Å². The van der Waals surface area contributed by atoms with Crippen molar-refractivity contribution in [2.24, 2.45) is 5.92 Å². The van der Waals surface area contributed by atoms with Gasteiger partial charge in [0.15, 0.2) is 0 Å². The van der Waals surface area contributed by atoms with Crippen molar-refractivity contribution < 1.29 is 9.72 Å². The lowest BCUT2D eigenvalue weighted by Crippen LogP contribution is -2.22. The van der Waals surface area contributed by atoms with Crippen LogP contribution in [0.5, 0.6) is 0 Å². The standard InChI is InChI=1S/C17H21N5O3S/c1-11(16(23)18-13-7-4-8-14(10-13)22(24)25)26-17-19-15(20-21-17)9-12-5-2-3-6-12/h4,7-8,10-12H,2-3,5-6,9H2,1H3,(H,18,23)(H,19,20,21)/t11-/m1/s1. The number of carbonyl (C=O) groups is 1. The van der Waals surface area contributed by atoms with Crippen molar-refractivity contribution in [3.63, 3.8) is 0 Å². The molecule has 1 saturated carbocycles. The molecular formula is C17H21N5O3S. The number of carbonyl (C=O) groups excluding carboxylic acids is 1. The molecule has 9 heteroatoms. The average Bonchev–Trinajstić information content (AvgIpc) is 3.27. The van der Waals surface area contributed by atoms with Gasteiger partial charge in [-0.15, -0.1) is 5.10 Å². The van der Waals surface area contributed by atoms with E-state index < -0.39 is 10.2 Å². The fraction of sp³-hybridized carbons (Fsp3) is 0.471. The molecule has 1 amide bonds. The number of benzene rings is 1. The number of aromatic nitrogens is 3. The molecule has 1 aliphatic carbocycles. The number of H-pyrrole nitrogens is 1. The average molecular weight is 375 g/mol. The van der Waals surface area contributed by atoms with Crippen LogP contribution in [0.4, 0.5) is 11.4 Å². The van der Waals surface area contributed by atoms with Crippen LogP contribution in [0.15, 0.2) is 29.4 Å². The molecule has 2 N–H and O–H groups in total. The summed E-state index contributed by atoms with van der Waals surface area (Å²) in [6.45, 7) is 1.75. The van der Waals surface area contributed by atoms with Gasteiger partial charge in [-0.05, 0) is 18.9 Å². The lowest BCUT2D eigenvalue weighted by molar-refractivity contribution is -0.384. The van der Waals surface area contributed by atoms with E-state index in [-0.39, 0.29) is 11.6 Å². The van der Waals surface area contributed by atoms with E-state index >= 15 is 0 Å². The van der Waals surface area contributed by atoms with Crippen LogP contribution in [0.25, 0.3) is 0 Å². The highest BCUT2D eigenvalue weighted by Crippen LogP contribution is 2.28. The molecule has 0 spiro atoms. The third-order valence-corrected chi connectivity index (χ3v) is 5.40. The maximum absolute atomic E-state index is 12.3. The van der Waals surface area contributed by atoms with Crippen LogP contribution in [0.2, 0.25) is 0 Å². The molecule has 0 unspecified atom stereocenters. The monoisotopic (exact) mass is 375 g/mol. The molecular weight excluding hydrogens is 354 g/mol. The molecule has 0 radical (unpaired) electrons. The normalized spacial score (nSPS) is 15.7. The highest BCUT2D eigenvalue weighted by molar-refractivity contribution is 8.00. The topological polar surface area (TPSA) is 114 Å². The number of nitrogens with zero attached hydrogens (tertiary/aromatic N) is 3. The van der Waals surface area contributed by atoms with Gasteiger partial charge in [-0.2, -0.15) is 0 Å². The smallest absolute Gasteiger partial charge is 0.271 e. The Hall–Kier alpha value is -2.42. The summed E-state index contributed by atoms with van der Waals surface area (Å²) < 4.78 is 0. The van der Waals surface area contributed by atoms with Gasteiger partial charge in [0.05, 0.1) is 10.2 Å². The van der Waals surface area contributed by atoms with Gasteiger partial charge in [-0.1, -0.05) is 43.5 Å². The van der Waals surface area contributed by atoms with E-state index in [0.29, 0.717) is 16.8 Å². The predicted octanol–water partition coefficient (Wildman–Crippen LogP) is 3.56. The fourth-order valence-electron chi connectivity index (χ4n) is 3.06. The Bertz CT molecular complexity index is 788. The minimum absolute atomic E-state index is 0.0615. The molecule has 0 aliphatic heterocycles. The molecule has 26 heavy (non-hydrogen) atoms. The Morgan fingerprint density at radius 3 is 2.96 bits per heavy atom. The lowest BCUT2D eigenvalue weighted by atomic mass is 10.0. The fourth-order valence-corrected chi connectivity index (χ4v) is 3.81. The van der Waals surface area contributed by atoms with Gasteiger partial charge in [-0.25, -0.2) is 4.98 Å². The number of hydrogen-bond donors (Lipinski definition) is 2. The SMILES string of the molecule is C[C@@H](Sc1n[nH]c(CC2CCCC2)n1)C(=O)Nc1cccc([N+](=O)[O-])c1. The molecule has 0 bridgehead atoms. The van der Waals surface area contributed by atoms with Gasteiger partial charge in [0.2, 0.25) is 11.1 Å². The maximum atomic E-state index is 12.3. The lowest BCUT2D eigenvalue weighted by Gasteiger charge is -2.10. The van der Waals surface area contributed by atoms with Crippen molar-refractivity contribution in [1.29, 1.82) is 0 Å². The Morgan fingerprint density at radius 1 is 1.46 bits per heavy atom. The highest BCUT2D eigenvalue weighted by Gasteiger charge is 2.20. The Balaban J connectivity index is 1.54. The summed E-state index contributed by atoms with van der Waals surface area (Å²) in [5.74, 6) is 1.29. The number of nitro benzene ring substituents is 1. The maximum Gasteiger partial charge on any atom is 0.271 e. The zero-order chi connectivity index (χ0) is 18.5. The molecule has 1 atom stereocenters. The van der Waals surface area contributed by atoms with Gasteiger partial charge in [-0.3, -0.25) is 20.0 Å². The van der Waals surface area contributed by atoms with Crippen molar-refractivity contribution >= 4 is 29.0 Å². The molecule has 1 aromatic heterocycles. The van der Waals surface area contributed by atoms with Crippen molar-refractivity contribution in [1.82, 2.24) is 15.2 Å². The van der Waals surface area contributed by atoms with E-state index in [1.807, 2.05) is 0 Å². The van der Waals surface area contributed by atoms with Gasteiger partial charge >= 0.3 is 0 Å². The molecule has 3 rings (SSSR count). The first-order chi connectivity index (χ1) is 12.5. The van der Waals surface area contributed by atoms with E-state index in [9.17, 15) is 14.9 Å². The summed E-state index contributed by atoms with van der Waals surface area (Å²) in [4.78, 5) is 27.1. The van der Waals surface area contributed by atoms with Crippen molar-refractivity contribution in [2.75, 3.05) is 5.32 Å². The van der Waals surface area contributed by atoms with Gasteiger partial charge in [0, 0.05) is 24.2 Å². The van der Waals surface area contributed by atoms with Gasteiger partial charge in [0.25, 0.3) is 5.69 Å². The minimum Gasteiger partial charge on any atom is -0.325 e. The number of nitrogens with one attached hydrogen (secondary N) is 2. The number of aromatic amines is 1. The summed E-state index contributed by atoms with van der Waals surface area (Å²) in [6.07, 6.45) is 5.96. The second-order valence-corrected chi connectivity index (χ2v) is 7.78. The number of amides is 1. The second-order valence-electron chi connectivity index (χ2n) is 6.48. The van der Waals surface area contributed by atoms with Crippen LogP contribution >= 0.6 is 11.8 Å². The molecule has 138 valence electrons. The summed E-state index contributed by atoms with van der Waals surface area (Å²) in [6, 6.07) is 5.88. The van der Waals surface area contributed by atoms with E-state index in [1.165, 1.54) is 55.6 Å². The highest BCUT2D eigenvalue weighted by atomic mass is 32.2. The van der Waals surface area contributed by atoms with Crippen LogP contribution in [-0.2, 0) is 11.2 Å². The zero-order valence-corrected chi connectivity index (χ0v) is 15.3. The summed E-state index contributed by atoms with van der Waals surface area (Å²) in [5.41, 5.74) is 0.335. The first-order valence-electron chi connectivity index (χ1n) is 8.64. The summed E-state index contributed by atoms with van der Waals surface area (Å²) in [5, 5.41) is 20.8. The van der Waals surface area contributed by atoms with E-state index in [1.54, 1.807) is 13.0 Å². The van der Waals surface area contributed by atoms with Crippen molar-refractivity contribution in [2.45, 2.75) is 49.4 Å². The summed E-state index contributed by atoms with van der Waals surface area (Å²) in [7, 11) is 0. The van der Waals surface area contributed by atoms with Crippen molar-refractivity contribution in [3.05, 3.63) is 40.2 Å². The first kappa shape index (κ1) is 18.4. The van der Waals surface area contributed by atoms with Crippen LogP contribution in [0.1, 0.15) is 38.4 Å². The molecule has 1 fully saturated rings. The van der Waals surface area contributed by atoms with Crippen LogP contribution in [0.3, 0.4) is 0 Å². The molecule has 8 nitrogen and oxygen atoms in total. The third-order valence-electron chi connectivity index (χ3n) is 4.44. The summed E-state index contributed by atoms with van der Waals surface area (Å²) >= 11 is 1.26. The third kappa shape index (κ3) is 4.81. The minimum atomic E-state index is -0.493. The predicted molar refractivity (Wildman–Crippen MR) is 99.1 cm³/mol. The number of hydrogen-bond acceptors (Lipinski definition) is 6. The van der Waals surface area contributed by atoms with Crippen molar-refractivity contribution in [3.8, 4) is 0 Å². The number of thioether (sulfide) groups is 1. The number of nitro groups is 1. The molecule has 2 aromatic rings. The number of non-ortho nitro benzene ring substituents is 1. The van der Waals surface area contributed by atoms with Crippen LogP contribution in [-0.4, -0.2) is 31.3 Å². The van der Waals surface area contributed by atoms with E-state index in [0.717, 1.165) is 12.2 Å². The van der Waals surface area contributed by atoms with E-state index in [2.05, 4.69) is 20.5 Å². The Morgan fingerprint density at radius 2 is 2.23 bits per heavy atom. The Kier molecular flexibility index (Phi) is 5.87. The molecule has 1 aromatic carbocycles.